The quantitative estimate of drug-likeness (QED) is 0.211. The van der Waals surface area contributed by atoms with E-state index in [0.717, 1.165) is 19.3 Å². The number of rotatable bonds is 20. The summed E-state index contributed by atoms with van der Waals surface area (Å²) in [6.07, 6.45) is 19.8. The molecule has 0 rings (SSSR count). The van der Waals surface area contributed by atoms with Gasteiger partial charge in [-0.05, 0) is 12.8 Å². The largest absolute Gasteiger partial charge is 0.481 e. The van der Waals surface area contributed by atoms with Crippen LogP contribution in [0, 0.1) is 5.92 Å². The van der Waals surface area contributed by atoms with Crippen molar-refractivity contribution in [3.05, 3.63) is 0 Å². The van der Waals surface area contributed by atoms with Crippen LogP contribution in [0.2, 0.25) is 0 Å². The first-order valence-electron chi connectivity index (χ1n) is 10.5. The molecule has 4 nitrogen and oxygen atoms in total. The number of carboxylic acid groups (broad SMARTS) is 1. The molecule has 0 aliphatic heterocycles. The summed E-state index contributed by atoms with van der Waals surface area (Å²) in [5.74, 6) is -0.847. The van der Waals surface area contributed by atoms with E-state index in [9.17, 15) is 9.59 Å². The standard InChI is InChI=1S/C21H40O4/c1-20(21(23)24)17-15-13-11-9-7-5-3-2-4-6-8-10-12-14-16-18-25-19-22/h19-20H,2-18H2,1H3,(H,23,24). The van der Waals surface area contributed by atoms with E-state index in [-0.39, 0.29) is 5.92 Å². The van der Waals surface area contributed by atoms with E-state index in [1.54, 1.807) is 6.92 Å². The molecule has 0 heterocycles. The number of carbonyl (C=O) groups excluding carboxylic acids is 1. The molecule has 0 bridgehead atoms. The molecule has 0 aromatic heterocycles. The zero-order valence-electron chi connectivity index (χ0n) is 16.3. The normalized spacial score (nSPS) is 12.0. The zero-order valence-corrected chi connectivity index (χ0v) is 16.3. The molecule has 148 valence electrons. The van der Waals surface area contributed by atoms with Crippen LogP contribution in [0.3, 0.4) is 0 Å². The Hall–Kier alpha value is -1.06. The summed E-state index contributed by atoms with van der Waals surface area (Å²) in [6, 6.07) is 0. The molecule has 0 saturated heterocycles. The molecule has 0 aromatic carbocycles. The van der Waals surface area contributed by atoms with Crippen LogP contribution in [0.15, 0.2) is 0 Å². The van der Waals surface area contributed by atoms with Crippen molar-refractivity contribution in [2.75, 3.05) is 6.61 Å². The molecule has 0 aromatic rings. The highest BCUT2D eigenvalue weighted by atomic mass is 16.5. The minimum absolute atomic E-state index is 0.184. The zero-order chi connectivity index (χ0) is 18.6. The number of carboxylic acids is 1. The van der Waals surface area contributed by atoms with E-state index >= 15 is 0 Å². The second-order valence-corrected chi connectivity index (χ2v) is 7.30. The van der Waals surface area contributed by atoms with Gasteiger partial charge in [0.2, 0.25) is 0 Å². The van der Waals surface area contributed by atoms with Crippen LogP contribution in [-0.4, -0.2) is 24.2 Å². The minimum Gasteiger partial charge on any atom is -0.481 e. The highest BCUT2D eigenvalue weighted by Gasteiger charge is 2.09. The van der Waals surface area contributed by atoms with E-state index in [1.807, 2.05) is 0 Å². The lowest BCUT2D eigenvalue weighted by molar-refractivity contribution is -0.141. The maximum absolute atomic E-state index is 10.7. The van der Waals surface area contributed by atoms with E-state index in [4.69, 9.17) is 5.11 Å². The van der Waals surface area contributed by atoms with Gasteiger partial charge in [-0.25, -0.2) is 0 Å². The SMILES string of the molecule is CC(CCCCCCCCCCCCCCCCCOC=O)C(=O)O. The van der Waals surface area contributed by atoms with Crippen molar-refractivity contribution in [2.24, 2.45) is 5.92 Å². The molecule has 0 aliphatic rings. The summed E-state index contributed by atoms with van der Waals surface area (Å²) in [5, 5.41) is 8.81. The average Bonchev–Trinajstić information content (AvgIpc) is 2.60. The lowest BCUT2D eigenvalue weighted by Gasteiger charge is -2.06. The molecule has 25 heavy (non-hydrogen) atoms. The van der Waals surface area contributed by atoms with Gasteiger partial charge in [-0.3, -0.25) is 9.59 Å². The van der Waals surface area contributed by atoms with Crippen molar-refractivity contribution in [1.82, 2.24) is 0 Å². The lowest BCUT2D eigenvalue weighted by Crippen LogP contribution is -2.08. The number of unbranched alkanes of at least 4 members (excludes halogenated alkanes) is 14. The Balaban J connectivity index is 3.05. The summed E-state index contributed by atoms with van der Waals surface area (Å²) in [6.45, 7) is 2.90. The van der Waals surface area contributed by atoms with E-state index in [2.05, 4.69) is 4.74 Å². The van der Waals surface area contributed by atoms with Gasteiger partial charge in [-0.2, -0.15) is 0 Å². The van der Waals surface area contributed by atoms with E-state index < -0.39 is 5.97 Å². The summed E-state index contributed by atoms with van der Waals surface area (Å²) >= 11 is 0. The third-order valence-corrected chi connectivity index (χ3v) is 4.89. The average molecular weight is 357 g/mol. The van der Waals surface area contributed by atoms with Crippen LogP contribution in [0.1, 0.15) is 110 Å². The van der Waals surface area contributed by atoms with Crippen molar-refractivity contribution < 1.29 is 19.4 Å². The highest BCUT2D eigenvalue weighted by Crippen LogP contribution is 2.15. The maximum atomic E-state index is 10.7. The molecule has 0 spiro atoms. The van der Waals surface area contributed by atoms with Crippen LogP contribution in [0.4, 0.5) is 0 Å². The molecule has 0 radical (unpaired) electrons. The van der Waals surface area contributed by atoms with Crippen molar-refractivity contribution in [1.29, 1.82) is 0 Å². The molecular formula is C21H40O4. The van der Waals surface area contributed by atoms with Crippen LogP contribution >= 0.6 is 0 Å². The predicted molar refractivity (Wildman–Crippen MR) is 103 cm³/mol. The van der Waals surface area contributed by atoms with E-state index in [0.29, 0.717) is 13.1 Å². The Morgan fingerprint density at radius 1 is 0.760 bits per heavy atom. The fraction of sp³-hybridized carbons (Fsp3) is 0.905. The first kappa shape index (κ1) is 23.9. The Labute approximate surface area is 154 Å². The first-order valence-corrected chi connectivity index (χ1v) is 10.5. The molecule has 1 unspecified atom stereocenters. The molecular weight excluding hydrogens is 316 g/mol. The molecule has 0 amide bonds. The molecule has 1 N–H and O–H groups in total. The van der Waals surface area contributed by atoms with Crippen molar-refractivity contribution >= 4 is 12.4 Å². The molecule has 4 heteroatoms. The summed E-state index contributed by atoms with van der Waals surface area (Å²) in [4.78, 5) is 20.7. The van der Waals surface area contributed by atoms with Gasteiger partial charge in [-0.1, -0.05) is 96.8 Å². The van der Waals surface area contributed by atoms with Gasteiger partial charge in [0.25, 0.3) is 6.47 Å². The van der Waals surface area contributed by atoms with Crippen molar-refractivity contribution in [2.45, 2.75) is 110 Å². The number of ether oxygens (including phenoxy) is 1. The summed E-state index contributed by atoms with van der Waals surface area (Å²) in [5.41, 5.74) is 0. The highest BCUT2D eigenvalue weighted by molar-refractivity contribution is 5.69. The maximum Gasteiger partial charge on any atom is 0.306 e. The molecule has 1 atom stereocenters. The second-order valence-electron chi connectivity index (χ2n) is 7.30. The van der Waals surface area contributed by atoms with E-state index in [1.165, 1.54) is 83.5 Å². The van der Waals surface area contributed by atoms with Crippen molar-refractivity contribution in [3.63, 3.8) is 0 Å². The number of hydrogen-bond acceptors (Lipinski definition) is 3. The van der Waals surface area contributed by atoms with Crippen LogP contribution < -0.4 is 0 Å². The van der Waals surface area contributed by atoms with Gasteiger partial charge in [0, 0.05) is 0 Å². The third-order valence-electron chi connectivity index (χ3n) is 4.89. The minimum atomic E-state index is -0.663. The summed E-state index contributed by atoms with van der Waals surface area (Å²) in [7, 11) is 0. The summed E-state index contributed by atoms with van der Waals surface area (Å²) < 4.78 is 4.67. The van der Waals surface area contributed by atoms with Gasteiger partial charge in [0.15, 0.2) is 0 Å². The van der Waals surface area contributed by atoms with Crippen molar-refractivity contribution in [3.8, 4) is 0 Å². The number of aliphatic carboxylic acids is 1. The Morgan fingerprint density at radius 2 is 1.12 bits per heavy atom. The second kappa shape index (κ2) is 19.3. The van der Waals surface area contributed by atoms with Gasteiger partial charge < -0.3 is 9.84 Å². The van der Waals surface area contributed by atoms with Crippen LogP contribution in [0.25, 0.3) is 0 Å². The number of carbonyl (C=O) groups is 2. The first-order chi connectivity index (χ1) is 12.2. The monoisotopic (exact) mass is 356 g/mol. The Kier molecular flexibility index (Phi) is 18.5. The smallest absolute Gasteiger partial charge is 0.306 e. The lowest BCUT2D eigenvalue weighted by atomic mass is 10.0. The fourth-order valence-electron chi connectivity index (χ4n) is 3.11. The fourth-order valence-corrected chi connectivity index (χ4v) is 3.11. The van der Waals surface area contributed by atoms with Crippen LogP contribution in [0.5, 0.6) is 0 Å². The Bertz CT molecular complexity index is 304. The molecule has 0 aliphatic carbocycles. The predicted octanol–water partition coefficient (Wildman–Crippen LogP) is 6.12. The van der Waals surface area contributed by atoms with Gasteiger partial charge >= 0.3 is 5.97 Å². The van der Waals surface area contributed by atoms with Gasteiger partial charge in [0.05, 0.1) is 12.5 Å². The van der Waals surface area contributed by atoms with Gasteiger partial charge in [0.1, 0.15) is 0 Å². The van der Waals surface area contributed by atoms with Crippen LogP contribution in [-0.2, 0) is 14.3 Å². The molecule has 0 saturated carbocycles. The third kappa shape index (κ3) is 19.1. The topological polar surface area (TPSA) is 63.6 Å². The molecule has 0 fully saturated rings. The Morgan fingerprint density at radius 3 is 1.48 bits per heavy atom. The number of hydrogen-bond donors (Lipinski definition) is 1. The van der Waals surface area contributed by atoms with Gasteiger partial charge in [-0.15, -0.1) is 0 Å².